The molecule has 3 rings (SSSR count). The lowest BCUT2D eigenvalue weighted by molar-refractivity contribution is -0.118. The van der Waals surface area contributed by atoms with Gasteiger partial charge in [0.15, 0.2) is 0 Å². The van der Waals surface area contributed by atoms with Gasteiger partial charge in [0, 0.05) is 30.0 Å². The third kappa shape index (κ3) is 4.88. The SMILES string of the molecule is CC(C)[C@H](NC(=O)c1ccc(F)cc1)C(=O)Nc1ccc(N2CCCC2)cc1. The molecule has 0 radical (unpaired) electrons. The van der Waals surface area contributed by atoms with Gasteiger partial charge in [-0.25, -0.2) is 4.39 Å². The average molecular weight is 383 g/mol. The van der Waals surface area contributed by atoms with Gasteiger partial charge in [0.1, 0.15) is 11.9 Å². The van der Waals surface area contributed by atoms with Crippen LogP contribution in [0, 0.1) is 11.7 Å². The Morgan fingerprint density at radius 2 is 1.57 bits per heavy atom. The zero-order valence-electron chi connectivity index (χ0n) is 16.2. The smallest absolute Gasteiger partial charge is 0.251 e. The van der Waals surface area contributed by atoms with E-state index in [0.717, 1.165) is 18.8 Å². The molecule has 0 unspecified atom stereocenters. The molecule has 148 valence electrons. The molecule has 1 aliphatic heterocycles. The standard InChI is InChI=1S/C22H26FN3O2/c1-15(2)20(25-21(27)16-5-7-17(23)8-6-16)22(28)24-18-9-11-19(12-10-18)26-13-3-4-14-26/h5-12,15,20H,3-4,13-14H2,1-2H3,(H,24,28)(H,25,27)/t20-/m0/s1. The first-order valence-electron chi connectivity index (χ1n) is 9.66. The van der Waals surface area contributed by atoms with Crippen molar-refractivity contribution in [3.8, 4) is 0 Å². The molecule has 0 spiro atoms. The normalized spacial score (nSPS) is 14.8. The Kier molecular flexibility index (Phi) is 6.29. The lowest BCUT2D eigenvalue weighted by Crippen LogP contribution is -2.47. The first kappa shape index (κ1) is 19.9. The van der Waals surface area contributed by atoms with Crippen molar-refractivity contribution in [3.05, 3.63) is 59.9 Å². The van der Waals surface area contributed by atoms with Crippen LogP contribution < -0.4 is 15.5 Å². The van der Waals surface area contributed by atoms with Crippen LogP contribution >= 0.6 is 0 Å². The van der Waals surface area contributed by atoms with E-state index in [1.807, 2.05) is 38.1 Å². The molecule has 2 aromatic rings. The van der Waals surface area contributed by atoms with Gasteiger partial charge in [0.05, 0.1) is 0 Å². The van der Waals surface area contributed by atoms with Gasteiger partial charge in [-0.1, -0.05) is 13.8 Å². The van der Waals surface area contributed by atoms with Crippen molar-refractivity contribution in [1.82, 2.24) is 5.32 Å². The predicted molar refractivity (Wildman–Crippen MR) is 109 cm³/mol. The first-order valence-corrected chi connectivity index (χ1v) is 9.66. The number of halogens is 1. The van der Waals surface area contributed by atoms with Crippen molar-refractivity contribution in [2.24, 2.45) is 5.92 Å². The van der Waals surface area contributed by atoms with Crippen molar-refractivity contribution in [1.29, 1.82) is 0 Å². The molecular weight excluding hydrogens is 357 g/mol. The predicted octanol–water partition coefficient (Wildman–Crippen LogP) is 3.82. The lowest BCUT2D eigenvalue weighted by atomic mass is 10.0. The number of nitrogens with zero attached hydrogens (tertiary/aromatic N) is 1. The third-order valence-electron chi connectivity index (χ3n) is 4.95. The van der Waals surface area contributed by atoms with Gasteiger partial charge >= 0.3 is 0 Å². The quantitative estimate of drug-likeness (QED) is 0.797. The number of hydrogen-bond acceptors (Lipinski definition) is 3. The summed E-state index contributed by atoms with van der Waals surface area (Å²) >= 11 is 0. The van der Waals surface area contributed by atoms with Gasteiger partial charge in [-0.15, -0.1) is 0 Å². The summed E-state index contributed by atoms with van der Waals surface area (Å²) in [6.07, 6.45) is 2.42. The molecule has 1 fully saturated rings. The van der Waals surface area contributed by atoms with Crippen molar-refractivity contribution in [2.75, 3.05) is 23.3 Å². The molecule has 0 saturated carbocycles. The molecule has 1 atom stereocenters. The van der Waals surface area contributed by atoms with Crippen molar-refractivity contribution in [2.45, 2.75) is 32.7 Å². The molecule has 28 heavy (non-hydrogen) atoms. The summed E-state index contributed by atoms with van der Waals surface area (Å²) < 4.78 is 13.0. The number of benzene rings is 2. The summed E-state index contributed by atoms with van der Waals surface area (Å²) in [5.41, 5.74) is 2.16. The molecule has 0 aliphatic carbocycles. The van der Waals surface area contributed by atoms with Gasteiger partial charge < -0.3 is 15.5 Å². The molecular formula is C22H26FN3O2. The van der Waals surface area contributed by atoms with E-state index in [9.17, 15) is 14.0 Å². The molecule has 2 N–H and O–H groups in total. The van der Waals surface area contributed by atoms with Crippen LogP contribution in [0.5, 0.6) is 0 Å². The molecule has 5 nitrogen and oxygen atoms in total. The molecule has 0 aromatic heterocycles. The van der Waals surface area contributed by atoms with Crippen LogP contribution in [0.3, 0.4) is 0 Å². The van der Waals surface area contributed by atoms with E-state index in [0.29, 0.717) is 11.3 Å². The first-order chi connectivity index (χ1) is 13.4. The Morgan fingerprint density at radius 1 is 0.964 bits per heavy atom. The monoisotopic (exact) mass is 383 g/mol. The van der Waals surface area contributed by atoms with E-state index in [2.05, 4.69) is 15.5 Å². The zero-order chi connectivity index (χ0) is 20.1. The average Bonchev–Trinajstić information content (AvgIpc) is 3.21. The topological polar surface area (TPSA) is 61.4 Å². The number of carbonyl (C=O) groups is 2. The Bertz CT molecular complexity index is 813. The maximum absolute atomic E-state index is 13.0. The second-order valence-corrected chi connectivity index (χ2v) is 7.43. The third-order valence-corrected chi connectivity index (χ3v) is 4.95. The Hall–Kier alpha value is -2.89. The number of hydrogen-bond donors (Lipinski definition) is 2. The van der Waals surface area contributed by atoms with Crippen molar-refractivity contribution < 1.29 is 14.0 Å². The summed E-state index contributed by atoms with van der Waals surface area (Å²) in [7, 11) is 0. The van der Waals surface area contributed by atoms with E-state index < -0.39 is 17.8 Å². The fourth-order valence-electron chi connectivity index (χ4n) is 3.31. The van der Waals surface area contributed by atoms with Crippen LogP contribution in [0.25, 0.3) is 0 Å². The summed E-state index contributed by atoms with van der Waals surface area (Å²) in [4.78, 5) is 27.4. The molecule has 0 bridgehead atoms. The Morgan fingerprint density at radius 3 is 2.14 bits per heavy atom. The van der Waals surface area contributed by atoms with Gasteiger partial charge in [-0.3, -0.25) is 9.59 Å². The maximum Gasteiger partial charge on any atom is 0.251 e. The second-order valence-electron chi connectivity index (χ2n) is 7.43. The number of amides is 2. The van der Waals surface area contributed by atoms with Crippen LogP contribution in [0.1, 0.15) is 37.0 Å². The van der Waals surface area contributed by atoms with Crippen LogP contribution in [-0.4, -0.2) is 30.9 Å². The maximum atomic E-state index is 13.0. The van der Waals surface area contributed by atoms with Gasteiger partial charge in [-0.2, -0.15) is 0 Å². The van der Waals surface area contributed by atoms with Crippen LogP contribution in [0.15, 0.2) is 48.5 Å². The van der Waals surface area contributed by atoms with Crippen LogP contribution in [0.2, 0.25) is 0 Å². The molecule has 2 aromatic carbocycles. The lowest BCUT2D eigenvalue weighted by Gasteiger charge is -2.22. The molecule has 6 heteroatoms. The van der Waals surface area contributed by atoms with Crippen molar-refractivity contribution >= 4 is 23.2 Å². The summed E-state index contributed by atoms with van der Waals surface area (Å²) in [6.45, 7) is 5.87. The van der Waals surface area contributed by atoms with E-state index in [1.54, 1.807) is 0 Å². The molecule has 2 amide bonds. The number of rotatable bonds is 6. The van der Waals surface area contributed by atoms with Gasteiger partial charge in [0.2, 0.25) is 5.91 Å². The minimum absolute atomic E-state index is 0.103. The van der Waals surface area contributed by atoms with E-state index in [1.165, 1.54) is 37.1 Å². The fraction of sp³-hybridized carbons (Fsp3) is 0.364. The van der Waals surface area contributed by atoms with Gasteiger partial charge in [0.25, 0.3) is 5.91 Å². The minimum atomic E-state index is -0.698. The minimum Gasteiger partial charge on any atom is -0.372 e. The summed E-state index contributed by atoms with van der Waals surface area (Å²) in [5.74, 6) is -1.20. The highest BCUT2D eigenvalue weighted by Gasteiger charge is 2.25. The van der Waals surface area contributed by atoms with Crippen LogP contribution in [0.4, 0.5) is 15.8 Å². The second kappa shape index (κ2) is 8.87. The molecule has 1 heterocycles. The van der Waals surface area contributed by atoms with E-state index in [4.69, 9.17) is 0 Å². The Balaban J connectivity index is 1.64. The van der Waals surface area contributed by atoms with Crippen LogP contribution in [-0.2, 0) is 4.79 Å². The fourth-order valence-corrected chi connectivity index (χ4v) is 3.31. The Labute approximate surface area is 164 Å². The highest BCUT2D eigenvalue weighted by atomic mass is 19.1. The highest BCUT2D eigenvalue weighted by molar-refractivity contribution is 6.01. The number of anilines is 2. The van der Waals surface area contributed by atoms with E-state index in [-0.39, 0.29) is 11.8 Å². The van der Waals surface area contributed by atoms with E-state index >= 15 is 0 Å². The zero-order valence-corrected chi connectivity index (χ0v) is 16.2. The van der Waals surface area contributed by atoms with Crippen molar-refractivity contribution in [3.63, 3.8) is 0 Å². The number of carbonyl (C=O) groups excluding carboxylic acids is 2. The highest BCUT2D eigenvalue weighted by Crippen LogP contribution is 2.22. The molecule has 1 aliphatic rings. The largest absolute Gasteiger partial charge is 0.372 e. The van der Waals surface area contributed by atoms with Gasteiger partial charge in [-0.05, 0) is 67.3 Å². The summed E-state index contributed by atoms with van der Waals surface area (Å²) in [5, 5.41) is 5.62. The summed E-state index contributed by atoms with van der Waals surface area (Å²) in [6, 6.07) is 12.3. The number of nitrogens with one attached hydrogen (secondary N) is 2. The molecule has 1 saturated heterocycles.